The molecule has 20 heavy (non-hydrogen) atoms. The Kier molecular flexibility index (Phi) is 3.72. The van der Waals surface area contributed by atoms with Gasteiger partial charge >= 0.3 is 6.03 Å². The average molecular weight is 270 g/mol. The first-order chi connectivity index (χ1) is 9.58. The van der Waals surface area contributed by atoms with Gasteiger partial charge in [-0.1, -0.05) is 0 Å². The number of urea groups is 1. The fourth-order valence-corrected chi connectivity index (χ4v) is 1.41. The maximum Gasteiger partial charge on any atom is 0.325 e. The summed E-state index contributed by atoms with van der Waals surface area (Å²) in [6.45, 7) is 1.78. The number of nitriles is 1. The topological polar surface area (TPSA) is 124 Å². The number of carbonyl (C=O) groups is 1. The molecule has 0 saturated carbocycles. The number of amides is 2. The van der Waals surface area contributed by atoms with E-state index in [9.17, 15) is 9.59 Å². The molecule has 0 fully saturated rings. The van der Waals surface area contributed by atoms with E-state index in [0.29, 0.717) is 0 Å². The Labute approximate surface area is 113 Å². The number of H-pyrrole nitrogens is 1. The van der Waals surface area contributed by atoms with Crippen molar-refractivity contribution in [3.05, 3.63) is 46.3 Å². The normalized spacial score (nSPS) is 9.60. The summed E-state index contributed by atoms with van der Waals surface area (Å²) < 4.78 is 0. The second kappa shape index (κ2) is 5.62. The largest absolute Gasteiger partial charge is 0.327 e. The Bertz CT molecular complexity index is 729. The number of nitrogens with zero attached hydrogens (tertiary/aromatic N) is 3. The first-order valence-electron chi connectivity index (χ1n) is 5.58. The second-order valence-electron chi connectivity index (χ2n) is 3.90. The van der Waals surface area contributed by atoms with Gasteiger partial charge in [0.05, 0.1) is 12.4 Å². The standard InChI is InChI=1S/C12H10N6O2/c1-7-2-9(11(19)16-4-7)17-12(20)18-10-6-14-8(3-13)5-15-10/h2,4-6H,1H3,(H,16,19)(H2,15,17,18,20). The van der Waals surface area contributed by atoms with Gasteiger partial charge in [-0.25, -0.2) is 14.8 Å². The number of pyridine rings is 1. The third-order valence-corrected chi connectivity index (χ3v) is 2.30. The van der Waals surface area contributed by atoms with Crippen molar-refractivity contribution in [3.8, 4) is 6.07 Å². The van der Waals surface area contributed by atoms with Crippen molar-refractivity contribution in [1.29, 1.82) is 5.26 Å². The summed E-state index contributed by atoms with van der Waals surface area (Å²) in [6.07, 6.45) is 4.02. The van der Waals surface area contributed by atoms with E-state index < -0.39 is 11.6 Å². The number of hydrogen-bond acceptors (Lipinski definition) is 5. The molecule has 0 aliphatic heterocycles. The number of aryl methyl sites for hydroxylation is 1. The van der Waals surface area contributed by atoms with E-state index in [4.69, 9.17) is 5.26 Å². The van der Waals surface area contributed by atoms with E-state index >= 15 is 0 Å². The molecular formula is C12H10N6O2. The maximum absolute atomic E-state index is 11.7. The van der Waals surface area contributed by atoms with Crippen molar-refractivity contribution in [3.63, 3.8) is 0 Å². The van der Waals surface area contributed by atoms with Gasteiger partial charge in [-0.05, 0) is 18.6 Å². The van der Waals surface area contributed by atoms with Crippen molar-refractivity contribution < 1.29 is 4.79 Å². The van der Waals surface area contributed by atoms with Gasteiger partial charge < -0.3 is 10.3 Å². The zero-order chi connectivity index (χ0) is 14.5. The van der Waals surface area contributed by atoms with Crippen molar-refractivity contribution in [2.75, 3.05) is 10.6 Å². The molecular weight excluding hydrogens is 260 g/mol. The van der Waals surface area contributed by atoms with Crippen LogP contribution in [0.1, 0.15) is 11.3 Å². The number of carbonyl (C=O) groups excluding carboxylic acids is 1. The summed E-state index contributed by atoms with van der Waals surface area (Å²) >= 11 is 0. The predicted molar refractivity (Wildman–Crippen MR) is 71.2 cm³/mol. The zero-order valence-corrected chi connectivity index (χ0v) is 10.5. The van der Waals surface area contributed by atoms with Gasteiger partial charge in [-0.2, -0.15) is 5.26 Å². The van der Waals surface area contributed by atoms with Crippen molar-refractivity contribution in [2.45, 2.75) is 6.92 Å². The highest BCUT2D eigenvalue weighted by atomic mass is 16.2. The molecule has 100 valence electrons. The van der Waals surface area contributed by atoms with Crippen LogP contribution in [0.4, 0.5) is 16.3 Å². The van der Waals surface area contributed by atoms with Crippen molar-refractivity contribution >= 4 is 17.5 Å². The van der Waals surface area contributed by atoms with Crippen LogP contribution in [0.2, 0.25) is 0 Å². The van der Waals surface area contributed by atoms with Crippen molar-refractivity contribution in [2.24, 2.45) is 0 Å². The lowest BCUT2D eigenvalue weighted by Crippen LogP contribution is -2.24. The molecule has 0 aromatic carbocycles. The molecule has 0 atom stereocenters. The van der Waals surface area contributed by atoms with Crippen LogP contribution < -0.4 is 16.2 Å². The summed E-state index contributed by atoms with van der Waals surface area (Å²) in [4.78, 5) is 33.2. The fraction of sp³-hybridized carbons (Fsp3) is 0.0833. The molecule has 2 aromatic heterocycles. The number of aromatic amines is 1. The van der Waals surface area contributed by atoms with Gasteiger partial charge in [0.1, 0.15) is 11.8 Å². The number of aromatic nitrogens is 3. The van der Waals surface area contributed by atoms with Gasteiger partial charge in [0, 0.05) is 6.20 Å². The Balaban J connectivity index is 2.07. The molecule has 0 aliphatic carbocycles. The van der Waals surface area contributed by atoms with E-state index in [1.165, 1.54) is 18.6 Å². The van der Waals surface area contributed by atoms with Gasteiger partial charge in [0.15, 0.2) is 11.5 Å². The molecule has 0 unspecified atom stereocenters. The molecule has 0 radical (unpaired) electrons. The molecule has 2 rings (SSSR count). The van der Waals surface area contributed by atoms with E-state index in [1.807, 2.05) is 6.07 Å². The van der Waals surface area contributed by atoms with E-state index in [2.05, 4.69) is 25.6 Å². The summed E-state index contributed by atoms with van der Waals surface area (Å²) in [5.41, 5.74) is 0.671. The highest BCUT2D eigenvalue weighted by molar-refractivity contribution is 5.98. The predicted octanol–water partition coefficient (Wildman–Crippen LogP) is 0.989. The minimum absolute atomic E-state index is 0.129. The molecule has 8 heteroatoms. The molecule has 0 spiro atoms. The molecule has 0 aliphatic rings. The van der Waals surface area contributed by atoms with Gasteiger partial charge in [-0.3, -0.25) is 10.1 Å². The number of anilines is 2. The molecule has 0 bridgehead atoms. The SMILES string of the molecule is Cc1c[nH]c(=O)c(NC(=O)Nc2cnc(C#N)cn2)c1. The Morgan fingerprint density at radius 1 is 1.35 bits per heavy atom. The van der Waals surface area contributed by atoms with Crippen LogP contribution in [0, 0.1) is 18.3 Å². The Morgan fingerprint density at radius 2 is 2.15 bits per heavy atom. The molecule has 2 amide bonds. The fourth-order valence-electron chi connectivity index (χ4n) is 1.41. The zero-order valence-electron chi connectivity index (χ0n) is 10.5. The smallest absolute Gasteiger partial charge is 0.325 e. The molecule has 8 nitrogen and oxygen atoms in total. The number of nitrogens with one attached hydrogen (secondary N) is 3. The molecule has 2 aromatic rings. The third kappa shape index (κ3) is 3.17. The van der Waals surface area contributed by atoms with Crippen molar-refractivity contribution in [1.82, 2.24) is 15.0 Å². The Morgan fingerprint density at radius 3 is 2.80 bits per heavy atom. The number of hydrogen-bond donors (Lipinski definition) is 3. The molecule has 0 saturated heterocycles. The lowest BCUT2D eigenvalue weighted by atomic mass is 10.3. The number of rotatable bonds is 2. The van der Waals surface area contributed by atoms with Crippen LogP contribution in [0.15, 0.2) is 29.5 Å². The third-order valence-electron chi connectivity index (χ3n) is 2.30. The molecule has 2 heterocycles. The maximum atomic E-state index is 11.7. The van der Waals surface area contributed by atoms with Gasteiger partial charge in [0.25, 0.3) is 5.56 Å². The summed E-state index contributed by atoms with van der Waals surface area (Å²) in [5.74, 6) is 0.172. The summed E-state index contributed by atoms with van der Waals surface area (Å²) in [6, 6.07) is 2.73. The van der Waals surface area contributed by atoms with Crippen LogP contribution in [-0.4, -0.2) is 21.0 Å². The highest BCUT2D eigenvalue weighted by Gasteiger charge is 2.07. The minimum Gasteiger partial charge on any atom is -0.327 e. The van der Waals surface area contributed by atoms with Gasteiger partial charge in [-0.15, -0.1) is 0 Å². The van der Waals surface area contributed by atoms with E-state index in [0.717, 1.165) is 5.56 Å². The van der Waals surface area contributed by atoms with Crippen LogP contribution >= 0.6 is 0 Å². The van der Waals surface area contributed by atoms with E-state index in [1.54, 1.807) is 13.0 Å². The van der Waals surface area contributed by atoms with E-state index in [-0.39, 0.29) is 17.2 Å². The lowest BCUT2D eigenvalue weighted by molar-refractivity contribution is 0.262. The van der Waals surface area contributed by atoms with Crippen LogP contribution in [-0.2, 0) is 0 Å². The second-order valence-corrected chi connectivity index (χ2v) is 3.90. The summed E-state index contributed by atoms with van der Waals surface area (Å²) in [7, 11) is 0. The van der Waals surface area contributed by atoms with Crippen LogP contribution in [0.25, 0.3) is 0 Å². The lowest BCUT2D eigenvalue weighted by Gasteiger charge is -2.06. The highest BCUT2D eigenvalue weighted by Crippen LogP contribution is 2.04. The average Bonchev–Trinajstić information content (AvgIpc) is 2.43. The van der Waals surface area contributed by atoms with Crippen LogP contribution in [0.5, 0.6) is 0 Å². The Hall–Kier alpha value is -3.21. The summed E-state index contributed by atoms with van der Waals surface area (Å²) in [5, 5.41) is 13.4. The molecule has 3 N–H and O–H groups in total. The van der Waals surface area contributed by atoms with Gasteiger partial charge in [0.2, 0.25) is 0 Å². The minimum atomic E-state index is -0.625. The monoisotopic (exact) mass is 270 g/mol. The first-order valence-corrected chi connectivity index (χ1v) is 5.58. The van der Waals surface area contributed by atoms with Crippen LogP contribution in [0.3, 0.4) is 0 Å². The first kappa shape index (κ1) is 13.2. The quantitative estimate of drug-likeness (QED) is 0.750.